The fourth-order valence-corrected chi connectivity index (χ4v) is 3.04. The lowest BCUT2D eigenvalue weighted by Gasteiger charge is -2.07. The zero-order valence-corrected chi connectivity index (χ0v) is 13.9. The van der Waals surface area contributed by atoms with Crippen molar-refractivity contribution in [3.05, 3.63) is 63.3 Å². The lowest BCUT2D eigenvalue weighted by Crippen LogP contribution is -2.04. The quantitative estimate of drug-likeness (QED) is 0.746. The van der Waals surface area contributed by atoms with Crippen molar-refractivity contribution >= 4 is 40.1 Å². The van der Waals surface area contributed by atoms with E-state index in [1.165, 1.54) is 0 Å². The van der Waals surface area contributed by atoms with Gasteiger partial charge in [-0.15, -0.1) is 0 Å². The molecule has 0 spiro atoms. The van der Waals surface area contributed by atoms with E-state index in [9.17, 15) is 9.90 Å². The SMILES string of the molecule is CCc1nn(Cc2ccc(Cl)cc2Cl)c2cc(C(=O)O)ccc12. The molecule has 4 nitrogen and oxygen atoms in total. The fraction of sp³-hybridized carbons (Fsp3) is 0.176. The van der Waals surface area contributed by atoms with Crippen LogP contribution in [-0.2, 0) is 13.0 Å². The van der Waals surface area contributed by atoms with Gasteiger partial charge in [0.15, 0.2) is 0 Å². The molecular formula is C17H14Cl2N2O2. The summed E-state index contributed by atoms with van der Waals surface area (Å²) in [4.78, 5) is 11.2. The molecule has 6 heteroatoms. The van der Waals surface area contributed by atoms with Crippen molar-refractivity contribution in [1.29, 1.82) is 0 Å². The van der Waals surface area contributed by atoms with Gasteiger partial charge < -0.3 is 5.11 Å². The van der Waals surface area contributed by atoms with Crippen LogP contribution in [0.25, 0.3) is 10.9 Å². The first-order valence-corrected chi connectivity index (χ1v) is 7.92. The maximum absolute atomic E-state index is 11.2. The molecular weight excluding hydrogens is 335 g/mol. The summed E-state index contributed by atoms with van der Waals surface area (Å²) in [6.45, 7) is 2.47. The van der Waals surface area contributed by atoms with Gasteiger partial charge in [-0.25, -0.2) is 4.79 Å². The summed E-state index contributed by atoms with van der Waals surface area (Å²) in [6.07, 6.45) is 0.768. The smallest absolute Gasteiger partial charge is 0.335 e. The summed E-state index contributed by atoms with van der Waals surface area (Å²) in [5.74, 6) is -0.956. The van der Waals surface area contributed by atoms with Gasteiger partial charge in [0.25, 0.3) is 0 Å². The maximum Gasteiger partial charge on any atom is 0.335 e. The Labute approximate surface area is 143 Å². The van der Waals surface area contributed by atoms with Crippen LogP contribution in [0.4, 0.5) is 0 Å². The number of halogens is 2. The number of aromatic nitrogens is 2. The molecule has 0 saturated carbocycles. The Morgan fingerprint density at radius 3 is 2.65 bits per heavy atom. The predicted molar refractivity (Wildman–Crippen MR) is 91.6 cm³/mol. The van der Waals surface area contributed by atoms with Crippen molar-refractivity contribution in [3.8, 4) is 0 Å². The number of rotatable bonds is 4. The van der Waals surface area contributed by atoms with E-state index in [-0.39, 0.29) is 5.56 Å². The molecule has 0 aliphatic rings. The number of aryl methyl sites for hydroxylation is 1. The van der Waals surface area contributed by atoms with E-state index in [1.54, 1.807) is 28.9 Å². The van der Waals surface area contributed by atoms with E-state index < -0.39 is 5.97 Å². The Bertz CT molecular complexity index is 903. The van der Waals surface area contributed by atoms with Crippen molar-refractivity contribution < 1.29 is 9.90 Å². The molecule has 0 saturated heterocycles. The van der Waals surface area contributed by atoms with Gasteiger partial charge in [0.2, 0.25) is 0 Å². The van der Waals surface area contributed by atoms with E-state index in [0.717, 1.165) is 28.6 Å². The number of benzene rings is 2. The highest BCUT2D eigenvalue weighted by Gasteiger charge is 2.13. The average Bonchev–Trinajstić information content (AvgIpc) is 2.87. The summed E-state index contributed by atoms with van der Waals surface area (Å²) in [6, 6.07) is 10.4. The van der Waals surface area contributed by atoms with Gasteiger partial charge in [0, 0.05) is 15.4 Å². The molecule has 23 heavy (non-hydrogen) atoms. The monoisotopic (exact) mass is 348 g/mol. The highest BCUT2D eigenvalue weighted by atomic mass is 35.5. The molecule has 118 valence electrons. The Kier molecular flexibility index (Phi) is 4.28. The second-order valence-corrected chi connectivity index (χ2v) is 6.07. The van der Waals surface area contributed by atoms with E-state index in [4.69, 9.17) is 23.2 Å². The molecule has 2 aromatic carbocycles. The number of aromatic carboxylic acids is 1. The molecule has 3 aromatic rings. The number of fused-ring (bicyclic) bond motifs is 1. The van der Waals surface area contributed by atoms with E-state index in [0.29, 0.717) is 16.6 Å². The van der Waals surface area contributed by atoms with Crippen LogP contribution < -0.4 is 0 Å². The Morgan fingerprint density at radius 2 is 2.00 bits per heavy atom. The molecule has 0 bridgehead atoms. The van der Waals surface area contributed by atoms with Crippen LogP contribution in [0.5, 0.6) is 0 Å². The summed E-state index contributed by atoms with van der Waals surface area (Å²) >= 11 is 12.2. The minimum atomic E-state index is -0.956. The van der Waals surface area contributed by atoms with Crippen molar-refractivity contribution in [2.24, 2.45) is 0 Å². The molecule has 0 amide bonds. The van der Waals surface area contributed by atoms with Gasteiger partial charge in [-0.05, 0) is 36.2 Å². The third-order valence-electron chi connectivity index (χ3n) is 3.75. The van der Waals surface area contributed by atoms with Crippen molar-refractivity contribution in [1.82, 2.24) is 9.78 Å². The number of hydrogen-bond donors (Lipinski definition) is 1. The fourth-order valence-electron chi connectivity index (χ4n) is 2.57. The highest BCUT2D eigenvalue weighted by Crippen LogP contribution is 2.25. The molecule has 1 aromatic heterocycles. The topological polar surface area (TPSA) is 55.1 Å². The minimum absolute atomic E-state index is 0.239. The van der Waals surface area contributed by atoms with Crippen molar-refractivity contribution in [3.63, 3.8) is 0 Å². The van der Waals surface area contributed by atoms with Crippen LogP contribution >= 0.6 is 23.2 Å². The van der Waals surface area contributed by atoms with Crippen LogP contribution in [0, 0.1) is 0 Å². The van der Waals surface area contributed by atoms with Crippen LogP contribution in [0.15, 0.2) is 36.4 Å². The van der Waals surface area contributed by atoms with Gasteiger partial charge in [-0.3, -0.25) is 4.68 Å². The zero-order valence-electron chi connectivity index (χ0n) is 12.4. The Hall–Kier alpha value is -2.04. The molecule has 3 rings (SSSR count). The minimum Gasteiger partial charge on any atom is -0.478 e. The number of carboxylic acids is 1. The lowest BCUT2D eigenvalue weighted by molar-refractivity contribution is 0.0697. The van der Waals surface area contributed by atoms with Crippen molar-refractivity contribution in [2.45, 2.75) is 19.9 Å². The standard InChI is InChI=1S/C17H14Cl2N2O2/c1-2-15-13-6-4-10(17(22)23)7-16(13)21(20-15)9-11-3-5-12(18)8-14(11)19/h3-8H,2,9H2,1H3,(H,22,23). The number of carboxylic acid groups (broad SMARTS) is 1. The van der Waals surface area contributed by atoms with Gasteiger partial charge in [0.05, 0.1) is 23.3 Å². The molecule has 1 N–H and O–H groups in total. The highest BCUT2D eigenvalue weighted by molar-refractivity contribution is 6.35. The van der Waals surface area contributed by atoms with Gasteiger partial charge in [-0.2, -0.15) is 5.10 Å². The summed E-state index contributed by atoms with van der Waals surface area (Å²) in [7, 11) is 0. The van der Waals surface area contributed by atoms with Crippen LogP contribution in [0.3, 0.4) is 0 Å². The first-order chi connectivity index (χ1) is 11.0. The third kappa shape index (κ3) is 3.05. The van der Waals surface area contributed by atoms with Crippen LogP contribution in [-0.4, -0.2) is 20.9 Å². The average molecular weight is 349 g/mol. The van der Waals surface area contributed by atoms with Gasteiger partial charge in [0.1, 0.15) is 0 Å². The number of carbonyl (C=O) groups is 1. The third-order valence-corrected chi connectivity index (χ3v) is 4.33. The van der Waals surface area contributed by atoms with Crippen LogP contribution in [0.2, 0.25) is 10.0 Å². The van der Waals surface area contributed by atoms with E-state index in [1.807, 2.05) is 19.1 Å². The largest absolute Gasteiger partial charge is 0.478 e. The molecule has 0 fully saturated rings. The molecule has 0 radical (unpaired) electrons. The molecule has 1 heterocycles. The summed E-state index contributed by atoms with van der Waals surface area (Å²) in [5.41, 5.74) is 2.84. The lowest BCUT2D eigenvalue weighted by atomic mass is 10.1. The summed E-state index contributed by atoms with van der Waals surface area (Å²) in [5, 5.41) is 15.9. The normalized spacial score (nSPS) is 11.1. The van der Waals surface area contributed by atoms with Crippen molar-refractivity contribution in [2.75, 3.05) is 0 Å². The first kappa shape index (κ1) is 15.8. The van der Waals surface area contributed by atoms with Gasteiger partial charge >= 0.3 is 5.97 Å². The molecule has 0 unspecified atom stereocenters. The molecule has 0 atom stereocenters. The zero-order chi connectivity index (χ0) is 16.6. The Morgan fingerprint density at radius 1 is 1.22 bits per heavy atom. The summed E-state index contributed by atoms with van der Waals surface area (Å²) < 4.78 is 1.79. The van der Waals surface area contributed by atoms with Gasteiger partial charge in [-0.1, -0.05) is 42.3 Å². The second kappa shape index (κ2) is 6.22. The molecule has 0 aliphatic heterocycles. The number of hydrogen-bond acceptors (Lipinski definition) is 2. The predicted octanol–water partition coefficient (Wildman–Crippen LogP) is 4.65. The van der Waals surface area contributed by atoms with Crippen LogP contribution in [0.1, 0.15) is 28.5 Å². The second-order valence-electron chi connectivity index (χ2n) is 5.23. The first-order valence-electron chi connectivity index (χ1n) is 7.16. The maximum atomic E-state index is 11.2. The molecule has 0 aliphatic carbocycles. The Balaban J connectivity index is 2.12. The number of nitrogens with zero attached hydrogens (tertiary/aromatic N) is 2. The van der Waals surface area contributed by atoms with E-state index in [2.05, 4.69) is 5.10 Å². The van der Waals surface area contributed by atoms with E-state index >= 15 is 0 Å².